The van der Waals surface area contributed by atoms with Crippen molar-refractivity contribution in [1.82, 2.24) is 9.03 Å². The molecule has 0 aromatic heterocycles. The Hall–Kier alpha value is -1.21. The lowest BCUT2D eigenvalue weighted by Gasteiger charge is -2.29. The summed E-state index contributed by atoms with van der Waals surface area (Å²) in [5.41, 5.74) is 2.96. The number of rotatable bonds is 4. The molecule has 11 heteroatoms. The van der Waals surface area contributed by atoms with Gasteiger partial charge in [-0.1, -0.05) is 30.5 Å². The first-order valence-corrected chi connectivity index (χ1v) is 14.5. The molecule has 1 atom stereocenters. The molecule has 7 nitrogen and oxygen atoms in total. The fraction of sp³-hybridized carbons (Fsp3) is 0.435. The van der Waals surface area contributed by atoms with E-state index < -0.39 is 13.9 Å². The lowest BCUT2D eigenvalue weighted by atomic mass is 10.0. The molecular weight excluding hydrogens is 609 g/mol. The molecule has 2 aromatic rings. The number of benzene rings is 2. The minimum Gasteiger partial charge on any atom is -0.487 e. The van der Waals surface area contributed by atoms with Crippen LogP contribution in [0.25, 0.3) is 0 Å². The minimum atomic E-state index is -3.97. The number of halogens is 2. The molecule has 0 radical (unpaired) electrons. The molecule has 2 aliphatic rings. The quantitative estimate of drug-likeness (QED) is 0.212. The number of nitrogens with zero attached hydrogens (tertiary/aromatic N) is 2. The van der Waals surface area contributed by atoms with Gasteiger partial charge in [0.25, 0.3) is 13.9 Å². The zero-order valence-electron chi connectivity index (χ0n) is 18.5. The van der Waals surface area contributed by atoms with E-state index in [-0.39, 0.29) is 4.90 Å². The van der Waals surface area contributed by atoms with Crippen LogP contribution in [0.3, 0.4) is 0 Å². The molecule has 4 rings (SSSR count). The van der Waals surface area contributed by atoms with Crippen LogP contribution in [0.5, 0.6) is 5.75 Å². The van der Waals surface area contributed by atoms with E-state index in [0.29, 0.717) is 23.3 Å². The van der Waals surface area contributed by atoms with Gasteiger partial charge in [-0.15, -0.1) is 0 Å². The number of nitrogens with one attached hydrogen (secondary N) is 1. The van der Waals surface area contributed by atoms with E-state index >= 15 is 0 Å². The summed E-state index contributed by atoms with van der Waals surface area (Å²) >= 11 is 12.1. The predicted octanol–water partition coefficient (Wildman–Crippen LogP) is 5.06. The van der Waals surface area contributed by atoms with Crippen LogP contribution < -0.4 is 14.4 Å². The van der Waals surface area contributed by atoms with Crippen molar-refractivity contribution in [3.05, 3.63) is 52.5 Å². The number of fused-ring (bicyclic) bond motifs is 2. The number of ether oxygens (including phenoxy) is 1. The molecule has 0 bridgehead atoms. The van der Waals surface area contributed by atoms with Crippen molar-refractivity contribution in [2.24, 2.45) is 5.92 Å². The molecule has 2 aromatic carbocycles. The Kier molecular flexibility index (Phi) is 8.55. The monoisotopic (exact) mass is 635 g/mol. The molecular formula is C23H27ClIN3O4S2. The highest BCUT2D eigenvalue weighted by Crippen LogP contribution is 2.35. The van der Waals surface area contributed by atoms with Crippen molar-refractivity contribution in [1.29, 1.82) is 0 Å². The van der Waals surface area contributed by atoms with Crippen molar-refractivity contribution in [3.63, 3.8) is 0 Å². The number of aryl methyl sites for hydroxylation is 1. The van der Waals surface area contributed by atoms with Crippen LogP contribution in [-0.2, 0) is 23.1 Å². The SMILES string of the molecule is O=C(I)NS(=O)(=O)c1ccc2c(c1)N(CC1CCN(S)C1)CCCCc1cc(Cl)ccc1CO2. The summed E-state index contributed by atoms with van der Waals surface area (Å²) in [5.74, 6) is 1.03. The standard InChI is InChI=1S/C23H27ClIN3O4S2/c24-19-5-4-18-15-32-22-7-6-20(34(30,31)26-23(25)29)12-21(22)27(9-2-1-3-17(18)11-19)13-16-8-10-28(33)14-16/h4-7,11-12,16,33H,1-3,8-10,13-15H2,(H,26,29). The highest BCUT2D eigenvalue weighted by atomic mass is 127. The maximum absolute atomic E-state index is 12.7. The predicted molar refractivity (Wildman–Crippen MR) is 146 cm³/mol. The number of anilines is 1. The molecule has 1 fully saturated rings. The van der Waals surface area contributed by atoms with Crippen LogP contribution >= 0.6 is 47.0 Å². The van der Waals surface area contributed by atoms with E-state index in [1.54, 1.807) is 12.1 Å². The first-order valence-electron chi connectivity index (χ1n) is 11.2. The summed E-state index contributed by atoms with van der Waals surface area (Å²) in [6, 6.07) is 10.6. The van der Waals surface area contributed by atoms with E-state index in [1.165, 1.54) is 34.2 Å². The largest absolute Gasteiger partial charge is 0.487 e. The molecule has 184 valence electrons. The molecule has 0 spiro atoms. The Balaban J connectivity index is 1.71. The van der Waals surface area contributed by atoms with Crippen LogP contribution in [0.4, 0.5) is 10.5 Å². The third-order valence-electron chi connectivity index (χ3n) is 6.21. The Labute approximate surface area is 224 Å². The summed E-state index contributed by atoms with van der Waals surface area (Å²) in [7, 11) is -3.97. The highest BCUT2D eigenvalue weighted by molar-refractivity contribution is 14.1. The summed E-state index contributed by atoms with van der Waals surface area (Å²) < 4.78 is 35.1. The molecule has 1 N–H and O–H groups in total. The van der Waals surface area contributed by atoms with Crippen molar-refractivity contribution < 1.29 is 17.9 Å². The smallest absolute Gasteiger partial charge is 0.294 e. The molecule has 0 aliphatic carbocycles. The van der Waals surface area contributed by atoms with Gasteiger partial charge in [-0.3, -0.25) is 9.10 Å². The maximum atomic E-state index is 12.7. The highest BCUT2D eigenvalue weighted by Gasteiger charge is 2.26. The van der Waals surface area contributed by atoms with Crippen LogP contribution in [0.1, 0.15) is 30.4 Å². The Morgan fingerprint density at radius 1 is 1.18 bits per heavy atom. The third kappa shape index (κ3) is 6.51. The molecule has 1 amide bonds. The summed E-state index contributed by atoms with van der Waals surface area (Å²) in [6.07, 6.45) is 3.84. The van der Waals surface area contributed by atoms with Gasteiger partial charge in [0.15, 0.2) is 0 Å². The number of thiol groups is 1. The van der Waals surface area contributed by atoms with Gasteiger partial charge in [-0.2, -0.15) is 0 Å². The van der Waals surface area contributed by atoms with E-state index in [0.717, 1.165) is 63.1 Å². The van der Waals surface area contributed by atoms with Crippen LogP contribution in [0.15, 0.2) is 41.3 Å². The summed E-state index contributed by atoms with van der Waals surface area (Å²) in [5, 5.41) is 0.709. The zero-order chi connectivity index (χ0) is 24.3. The Bertz CT molecular complexity index is 1160. The van der Waals surface area contributed by atoms with Gasteiger partial charge in [-0.25, -0.2) is 13.1 Å². The number of hydrogen-bond acceptors (Lipinski definition) is 7. The van der Waals surface area contributed by atoms with Crippen LogP contribution in [0, 0.1) is 5.92 Å². The second-order valence-electron chi connectivity index (χ2n) is 8.68. The maximum Gasteiger partial charge on any atom is 0.294 e. The van der Waals surface area contributed by atoms with Gasteiger partial charge in [0.1, 0.15) is 12.4 Å². The Morgan fingerprint density at radius 3 is 2.74 bits per heavy atom. The minimum absolute atomic E-state index is 0.0363. The van der Waals surface area contributed by atoms with Gasteiger partial charge >= 0.3 is 0 Å². The second kappa shape index (κ2) is 11.2. The number of hydrogen-bond donors (Lipinski definition) is 2. The summed E-state index contributed by atoms with van der Waals surface area (Å²) in [4.78, 5) is 13.7. The van der Waals surface area contributed by atoms with Crippen molar-refractivity contribution in [2.45, 2.75) is 37.2 Å². The molecule has 1 unspecified atom stereocenters. The van der Waals surface area contributed by atoms with Gasteiger partial charge in [0.05, 0.1) is 10.6 Å². The second-order valence-corrected chi connectivity index (χ2v) is 12.3. The van der Waals surface area contributed by atoms with Crippen molar-refractivity contribution in [3.8, 4) is 5.75 Å². The van der Waals surface area contributed by atoms with Gasteiger partial charge in [-0.05, 0) is 73.1 Å². The molecule has 1 saturated heterocycles. The number of sulfonamides is 1. The van der Waals surface area contributed by atoms with Crippen LogP contribution in [0.2, 0.25) is 5.02 Å². The van der Waals surface area contributed by atoms with Gasteiger partial charge < -0.3 is 9.64 Å². The third-order valence-corrected chi connectivity index (χ3v) is 8.78. The van der Waals surface area contributed by atoms with Gasteiger partial charge in [0, 0.05) is 53.8 Å². The number of carbonyl (C=O) groups is 1. The van der Waals surface area contributed by atoms with Gasteiger partial charge in [0.2, 0.25) is 0 Å². The van der Waals surface area contributed by atoms with Crippen molar-refractivity contribution >= 4 is 66.6 Å². The fourth-order valence-electron chi connectivity index (χ4n) is 4.52. The average molecular weight is 636 g/mol. The average Bonchev–Trinajstić information content (AvgIpc) is 3.17. The molecule has 2 aliphatic heterocycles. The zero-order valence-corrected chi connectivity index (χ0v) is 23.2. The topological polar surface area (TPSA) is 79.0 Å². The Morgan fingerprint density at radius 2 is 2.00 bits per heavy atom. The normalized spacial score (nSPS) is 19.5. The van der Waals surface area contributed by atoms with Crippen molar-refractivity contribution in [2.75, 3.05) is 31.1 Å². The van der Waals surface area contributed by atoms with E-state index in [9.17, 15) is 13.2 Å². The fourth-order valence-corrected chi connectivity index (χ4v) is 6.78. The molecule has 2 heterocycles. The van der Waals surface area contributed by atoms with Crippen LogP contribution in [-0.4, -0.2) is 42.8 Å². The number of amides is 1. The lowest BCUT2D eigenvalue weighted by molar-refractivity contribution is 0.267. The first-order chi connectivity index (χ1) is 16.2. The summed E-state index contributed by atoms with van der Waals surface area (Å²) in [6.45, 7) is 3.70. The molecule has 0 saturated carbocycles. The lowest BCUT2D eigenvalue weighted by Crippen LogP contribution is -2.32. The van der Waals surface area contributed by atoms with E-state index in [2.05, 4.69) is 17.7 Å². The van der Waals surface area contributed by atoms with E-state index in [4.69, 9.17) is 16.3 Å². The number of carbonyl (C=O) groups excluding carboxylic acids is 1. The first kappa shape index (κ1) is 25.9. The van der Waals surface area contributed by atoms with E-state index in [1.807, 2.05) is 27.2 Å². The molecule has 34 heavy (non-hydrogen) atoms.